The highest BCUT2D eigenvalue weighted by Gasteiger charge is 2.16. The van der Waals surface area contributed by atoms with Gasteiger partial charge in [0.1, 0.15) is 11.5 Å². The molecule has 1 aromatic rings. The number of nitrogens with zero attached hydrogens (tertiary/aromatic N) is 4. The van der Waals surface area contributed by atoms with Gasteiger partial charge in [0.15, 0.2) is 0 Å². The fraction of sp³-hybridized carbons (Fsp3) is 0.667. The summed E-state index contributed by atoms with van der Waals surface area (Å²) in [7, 11) is 2.12. The van der Waals surface area contributed by atoms with Crippen LogP contribution in [0.5, 0.6) is 0 Å². The van der Waals surface area contributed by atoms with Gasteiger partial charge >= 0.3 is 5.97 Å². The molecule has 1 aliphatic heterocycles. The van der Waals surface area contributed by atoms with Crippen LogP contribution in [0.3, 0.4) is 0 Å². The minimum Gasteiger partial charge on any atom is -0.477 e. The van der Waals surface area contributed by atoms with E-state index in [9.17, 15) is 4.79 Å². The van der Waals surface area contributed by atoms with Crippen LogP contribution in [0.1, 0.15) is 16.3 Å². The van der Waals surface area contributed by atoms with Crippen LogP contribution >= 0.6 is 0 Å². The Kier molecular flexibility index (Phi) is 3.98. The summed E-state index contributed by atoms with van der Waals surface area (Å²) in [4.78, 5) is 19.8. The van der Waals surface area contributed by atoms with Gasteiger partial charge < -0.3 is 14.6 Å². The quantitative estimate of drug-likeness (QED) is 0.825. The third-order valence-electron chi connectivity index (χ3n) is 3.51. The summed E-state index contributed by atoms with van der Waals surface area (Å²) in [6.07, 6.45) is 1.43. The Bertz CT molecular complexity index is 422. The van der Waals surface area contributed by atoms with Gasteiger partial charge in [-0.2, -0.15) is 0 Å². The average Bonchev–Trinajstić information content (AvgIpc) is 2.70. The first-order valence-corrected chi connectivity index (χ1v) is 6.24. The predicted octanol–water partition coefficient (Wildman–Crippen LogP) is 0.137. The van der Waals surface area contributed by atoms with Crippen LogP contribution in [-0.4, -0.2) is 70.2 Å². The minimum absolute atomic E-state index is 0.279. The molecule has 1 fully saturated rings. The number of hydrogen-bond acceptors (Lipinski definition) is 4. The molecule has 0 radical (unpaired) electrons. The highest BCUT2D eigenvalue weighted by atomic mass is 16.4. The molecule has 1 saturated heterocycles. The van der Waals surface area contributed by atoms with Crippen molar-refractivity contribution in [3.8, 4) is 0 Å². The summed E-state index contributed by atoms with van der Waals surface area (Å²) in [5, 5.41) is 9.07. The van der Waals surface area contributed by atoms with Crippen LogP contribution in [0.25, 0.3) is 0 Å². The Morgan fingerprint density at radius 2 is 2.00 bits per heavy atom. The second kappa shape index (κ2) is 5.49. The Morgan fingerprint density at radius 1 is 1.33 bits per heavy atom. The molecular weight excluding hydrogens is 232 g/mol. The first-order chi connectivity index (χ1) is 8.58. The molecule has 100 valence electrons. The van der Waals surface area contributed by atoms with Gasteiger partial charge in [0.05, 0.1) is 6.20 Å². The van der Waals surface area contributed by atoms with E-state index in [2.05, 4.69) is 21.8 Å². The average molecular weight is 252 g/mol. The SMILES string of the molecule is Cc1ncc(C(=O)O)n1CCN1CCN(C)CC1. The van der Waals surface area contributed by atoms with Crippen LogP contribution in [0, 0.1) is 6.92 Å². The molecule has 6 nitrogen and oxygen atoms in total. The third-order valence-corrected chi connectivity index (χ3v) is 3.51. The summed E-state index contributed by atoms with van der Waals surface area (Å²) in [5.74, 6) is -0.143. The smallest absolute Gasteiger partial charge is 0.354 e. The Labute approximate surface area is 107 Å². The summed E-state index contributed by atoms with van der Waals surface area (Å²) in [6, 6.07) is 0. The number of carbonyl (C=O) groups is 1. The van der Waals surface area contributed by atoms with Crippen LogP contribution in [0.4, 0.5) is 0 Å². The Balaban J connectivity index is 1.94. The van der Waals surface area contributed by atoms with Crippen molar-refractivity contribution in [1.82, 2.24) is 19.4 Å². The summed E-state index contributed by atoms with van der Waals surface area (Å²) in [6.45, 7) is 7.67. The standard InChI is InChI=1S/C12H20N4O2/c1-10-13-9-11(12(17)18)16(10)8-7-15-5-3-14(2)4-6-15/h9H,3-8H2,1-2H3,(H,17,18). The highest BCUT2D eigenvalue weighted by Crippen LogP contribution is 2.06. The van der Waals surface area contributed by atoms with Crippen molar-refractivity contribution in [2.75, 3.05) is 39.8 Å². The van der Waals surface area contributed by atoms with Crippen molar-refractivity contribution in [2.45, 2.75) is 13.5 Å². The second-order valence-corrected chi connectivity index (χ2v) is 4.79. The molecular formula is C12H20N4O2. The highest BCUT2D eigenvalue weighted by molar-refractivity contribution is 5.85. The first kappa shape index (κ1) is 13.0. The summed E-state index contributed by atoms with van der Waals surface area (Å²) < 4.78 is 1.78. The molecule has 0 aliphatic carbocycles. The zero-order valence-electron chi connectivity index (χ0n) is 11.0. The molecule has 2 heterocycles. The van der Waals surface area contributed by atoms with E-state index in [1.807, 2.05) is 6.92 Å². The zero-order valence-corrected chi connectivity index (χ0v) is 11.0. The number of aromatic carboxylic acids is 1. The van der Waals surface area contributed by atoms with Crippen LogP contribution in [0.2, 0.25) is 0 Å². The van der Waals surface area contributed by atoms with E-state index in [-0.39, 0.29) is 5.69 Å². The van der Waals surface area contributed by atoms with Crippen LogP contribution in [0.15, 0.2) is 6.20 Å². The van der Waals surface area contributed by atoms with E-state index in [0.29, 0.717) is 6.54 Å². The number of aromatic nitrogens is 2. The molecule has 1 N–H and O–H groups in total. The van der Waals surface area contributed by atoms with E-state index in [0.717, 1.165) is 38.5 Å². The number of carboxylic acids is 1. The topological polar surface area (TPSA) is 61.6 Å². The lowest BCUT2D eigenvalue weighted by molar-refractivity contribution is 0.0683. The lowest BCUT2D eigenvalue weighted by Crippen LogP contribution is -2.45. The van der Waals surface area contributed by atoms with Gasteiger partial charge in [-0.05, 0) is 14.0 Å². The molecule has 1 aliphatic rings. The van der Waals surface area contributed by atoms with Gasteiger partial charge in [0, 0.05) is 39.3 Å². The largest absolute Gasteiger partial charge is 0.477 e. The van der Waals surface area contributed by atoms with Crippen molar-refractivity contribution in [3.63, 3.8) is 0 Å². The number of likely N-dealkylation sites (N-methyl/N-ethyl adjacent to an activating group) is 1. The first-order valence-electron chi connectivity index (χ1n) is 6.24. The second-order valence-electron chi connectivity index (χ2n) is 4.79. The molecule has 0 aromatic carbocycles. The molecule has 0 spiro atoms. The molecule has 1 aromatic heterocycles. The van der Waals surface area contributed by atoms with Gasteiger partial charge in [-0.1, -0.05) is 0 Å². The van der Waals surface area contributed by atoms with Crippen molar-refractivity contribution in [3.05, 3.63) is 17.7 Å². The number of piperazine rings is 1. The van der Waals surface area contributed by atoms with Crippen LogP contribution in [-0.2, 0) is 6.54 Å². The van der Waals surface area contributed by atoms with Crippen molar-refractivity contribution < 1.29 is 9.90 Å². The van der Waals surface area contributed by atoms with E-state index in [1.165, 1.54) is 6.20 Å². The van der Waals surface area contributed by atoms with Crippen molar-refractivity contribution >= 4 is 5.97 Å². The van der Waals surface area contributed by atoms with Gasteiger partial charge in [-0.3, -0.25) is 4.90 Å². The fourth-order valence-corrected chi connectivity index (χ4v) is 2.23. The molecule has 0 saturated carbocycles. The Morgan fingerprint density at radius 3 is 2.61 bits per heavy atom. The Hall–Kier alpha value is -1.40. The monoisotopic (exact) mass is 252 g/mol. The van der Waals surface area contributed by atoms with Gasteiger partial charge in [0.2, 0.25) is 0 Å². The van der Waals surface area contributed by atoms with E-state index in [4.69, 9.17) is 5.11 Å². The minimum atomic E-state index is -0.908. The fourth-order valence-electron chi connectivity index (χ4n) is 2.23. The van der Waals surface area contributed by atoms with Crippen molar-refractivity contribution in [1.29, 1.82) is 0 Å². The van der Waals surface area contributed by atoms with Crippen LogP contribution < -0.4 is 0 Å². The van der Waals surface area contributed by atoms with E-state index < -0.39 is 5.97 Å². The molecule has 0 bridgehead atoms. The third kappa shape index (κ3) is 2.88. The van der Waals surface area contributed by atoms with Gasteiger partial charge in [-0.15, -0.1) is 0 Å². The number of hydrogen-bond donors (Lipinski definition) is 1. The molecule has 18 heavy (non-hydrogen) atoms. The lowest BCUT2D eigenvalue weighted by Gasteiger charge is -2.32. The molecule has 0 amide bonds. The maximum Gasteiger partial charge on any atom is 0.354 e. The van der Waals surface area contributed by atoms with Gasteiger partial charge in [0.25, 0.3) is 0 Å². The summed E-state index contributed by atoms with van der Waals surface area (Å²) in [5.41, 5.74) is 0.279. The molecule has 6 heteroatoms. The van der Waals surface area contributed by atoms with E-state index >= 15 is 0 Å². The van der Waals surface area contributed by atoms with Crippen molar-refractivity contribution in [2.24, 2.45) is 0 Å². The zero-order chi connectivity index (χ0) is 13.1. The molecule has 0 unspecified atom stereocenters. The molecule has 2 rings (SSSR count). The summed E-state index contributed by atoms with van der Waals surface area (Å²) >= 11 is 0. The number of carboxylic acid groups (broad SMARTS) is 1. The molecule has 0 atom stereocenters. The predicted molar refractivity (Wildman–Crippen MR) is 67.9 cm³/mol. The normalized spacial score (nSPS) is 18.1. The maximum absolute atomic E-state index is 11.0. The lowest BCUT2D eigenvalue weighted by atomic mass is 10.3. The maximum atomic E-state index is 11.0. The van der Waals surface area contributed by atoms with Gasteiger partial charge in [-0.25, -0.2) is 9.78 Å². The number of rotatable bonds is 4. The number of aryl methyl sites for hydroxylation is 1. The number of imidazole rings is 1. The van der Waals surface area contributed by atoms with E-state index in [1.54, 1.807) is 4.57 Å².